The highest BCUT2D eigenvalue weighted by Gasteiger charge is 2.31. The predicted octanol–water partition coefficient (Wildman–Crippen LogP) is 17.7. The minimum absolute atomic E-state index is 0.0332. The fourth-order valence-corrected chi connectivity index (χ4v) is 20.3. The molecule has 13 heterocycles. The molecule has 5 aliphatic heterocycles. The largest absolute Gasteiger partial charge is 0.507 e. The summed E-state index contributed by atoms with van der Waals surface area (Å²) in [7, 11) is 0. The molecule has 0 saturated carbocycles. The summed E-state index contributed by atoms with van der Waals surface area (Å²) in [4.78, 5) is 135. The number of fused-ring (bicyclic) bond motifs is 8. The first kappa shape index (κ1) is 100. The third-order valence-electron chi connectivity index (χ3n) is 26.8. The van der Waals surface area contributed by atoms with Gasteiger partial charge in [-0.15, -0.1) is 0 Å². The number of nitrogen functional groups attached to an aromatic ring is 1. The number of nitrogens with zero attached hydrogens (tertiary/aromatic N) is 24. The Morgan fingerprint density at radius 2 is 0.738 bits per heavy atom. The van der Waals surface area contributed by atoms with E-state index in [-0.39, 0.29) is 41.3 Å². The van der Waals surface area contributed by atoms with Gasteiger partial charge < -0.3 is 69.2 Å². The van der Waals surface area contributed by atoms with E-state index in [4.69, 9.17) is 61.8 Å². The number of aromatic amines is 2. The summed E-state index contributed by atoms with van der Waals surface area (Å²) >= 11 is 26.8. The van der Waals surface area contributed by atoms with E-state index < -0.39 is 5.82 Å². The summed E-state index contributed by atoms with van der Waals surface area (Å²) in [5.41, 5.74) is 22.4. The number of phenolic OH excluding ortho intramolecular Hbond substituents is 1. The number of piperazine rings is 5. The van der Waals surface area contributed by atoms with Crippen molar-refractivity contribution in [3.8, 4) is 67.5 Å². The van der Waals surface area contributed by atoms with Gasteiger partial charge in [0.05, 0.1) is 69.1 Å². The number of H-pyrrole nitrogens is 2. The Kier molecular flexibility index (Phi) is 30.0. The lowest BCUT2D eigenvalue weighted by Gasteiger charge is -2.35. The van der Waals surface area contributed by atoms with E-state index in [1.54, 1.807) is 92.7 Å². The Labute approximate surface area is 873 Å². The van der Waals surface area contributed by atoms with Crippen LogP contribution in [0, 0.1) is 17.1 Å². The van der Waals surface area contributed by atoms with Crippen LogP contribution in [0.3, 0.4) is 0 Å². The maximum absolute atomic E-state index is 14.2. The van der Waals surface area contributed by atoms with Crippen molar-refractivity contribution in [2.24, 2.45) is 0 Å². The Morgan fingerprint density at radius 1 is 0.383 bits per heavy atom. The Hall–Kier alpha value is -17.5. The Morgan fingerprint density at radius 3 is 1.15 bits per heavy atom. The summed E-state index contributed by atoms with van der Waals surface area (Å²) < 4.78 is 19.5. The van der Waals surface area contributed by atoms with Gasteiger partial charge in [-0.05, 0) is 144 Å². The first-order valence-electron chi connectivity index (χ1n) is 47.8. The Balaban J connectivity index is 0.000000117. The number of halogens is 5. The lowest BCUT2D eigenvalue weighted by Crippen LogP contribution is -2.48. The van der Waals surface area contributed by atoms with E-state index in [0.29, 0.717) is 196 Å². The van der Waals surface area contributed by atoms with Crippen LogP contribution in [-0.4, -0.2) is 265 Å². The molecule has 5 saturated heterocycles. The molecule has 5 aliphatic rings. The van der Waals surface area contributed by atoms with Crippen molar-refractivity contribution in [1.82, 2.24) is 99.5 Å². The van der Waals surface area contributed by atoms with Crippen LogP contribution in [-0.2, 0) is 30.4 Å². The van der Waals surface area contributed by atoms with Crippen molar-refractivity contribution in [1.29, 1.82) is 5.26 Å². The number of aromatic nitrogens is 15. The lowest BCUT2D eigenvalue weighted by molar-refractivity contribution is -0.127. The molecule has 34 nitrogen and oxygen atoms in total. The number of rotatable bonds is 16. The number of benzene rings is 10. The first-order valence-corrected chi connectivity index (χ1v) is 49.3. The molecular weight excluding hydrogens is 1970 g/mol. The number of aromatic hydroxyl groups is 1. The zero-order valence-corrected chi connectivity index (χ0v) is 83.5. The molecule has 0 aliphatic carbocycles. The number of imidazole rings is 1. The van der Waals surface area contributed by atoms with E-state index >= 15 is 0 Å². The number of anilines is 6. The molecular formula is C110H96Cl4FN27O7. The maximum Gasteiger partial charge on any atom is 0.292 e. The topological polar surface area (TPSA) is 400 Å². The van der Waals surface area contributed by atoms with E-state index in [2.05, 4.69) is 138 Å². The zero-order chi connectivity index (χ0) is 104. The number of carbonyl (C=O) groups excluding carboxylic acids is 5. The maximum atomic E-state index is 14.2. The second kappa shape index (κ2) is 44.6. The number of nitriles is 1. The smallest absolute Gasteiger partial charge is 0.292 e. The third kappa shape index (κ3) is 21.3. The summed E-state index contributed by atoms with van der Waals surface area (Å²) in [5.74, 6) is 3.27. The molecule has 0 radical (unpaired) electrons. The molecule has 18 aromatic rings. The number of nitrogens with two attached hydrogens (primary N) is 1. The van der Waals surface area contributed by atoms with Gasteiger partial charge >= 0.3 is 0 Å². The van der Waals surface area contributed by atoms with Gasteiger partial charge in [0, 0.05) is 222 Å². The SMILES string of the molecule is C=CC(=O)N1CCN(c2ncnc3cc(-c4ccc5oc(N)nc5c4)c(Cl)cc23)CC1.C=CC(=O)N1CCN(c2ncnc3cc(-c4cccc5[nH]cnc45)c(Cl)cc23)CC1.C=CC(=O)N1CCN(c2ncnc3cc(-c4cccc5[nH]ncc45)c(Cl)cc23)CC1.C=CC(=O)N1CCN(c2ncnc3cc(-c4ccccc4CC#N)c(Cl)cc23)CC1.C=CC(=O)N1CCN(c2ncnc3cc(-c4ccccc4F)c(O)cc23)CC1. The molecule has 5 N–H and O–H groups in total. The number of amides is 5. The number of hydrogen-bond donors (Lipinski definition) is 4. The molecule has 8 aromatic heterocycles. The van der Waals surface area contributed by atoms with Crippen LogP contribution in [0.25, 0.3) is 143 Å². The summed E-state index contributed by atoms with van der Waals surface area (Å²) in [6, 6.07) is 52.8. The van der Waals surface area contributed by atoms with Gasteiger partial charge in [-0.25, -0.2) is 59.2 Å². The molecule has 10 aromatic carbocycles. The van der Waals surface area contributed by atoms with Crippen LogP contribution in [0.15, 0.2) is 276 Å². The summed E-state index contributed by atoms with van der Waals surface area (Å²) in [6.45, 7) is 30.6. The standard InChI is InChI=1S/C23H20ClN5O.C22H19ClN6O2.2C22H19ClN6O.C21H19FN4O2/c1-2-22(30)28-9-11-29(12-10-28)23-19-13-20(24)18(14-21(19)26-15-27-23)17-6-4-3-5-16(17)7-8-25;1-2-20(30)28-5-7-29(8-6-28)21-15-10-16(23)14(11-17(15)25-12-26-21)13-3-4-19-18(9-13)27-22(24)31-19;1-2-21(30)28-6-8-29(9-7-28)22-16-10-18(23)15(11-20(16)24-13-25-22)14-4-3-5-19-17(14)12-26-27-19;1-2-20(30)28-6-8-29(9-7-28)22-16-10-17(23)15(11-19(16)25-13-27-22)14-4-3-5-18-21(14)26-12-24-18;1-2-20(28)25-7-9-26(10-8-25)21-16-12-19(27)15(11-18(16)23-13-24-21)14-5-3-4-6-17(14)22/h2-6,13-15H,1,7,9-12H2;2-4,9-12H,1,5-8H2,(H2,24,27);2-5,10-13H,1,6-9H2,(H,26,27);2-5,10-13H,1,6-9H2,(H,24,26);2-6,11-13,27H,1,7-10H2. The van der Waals surface area contributed by atoms with E-state index in [1.807, 2.05) is 127 Å². The van der Waals surface area contributed by atoms with Crippen molar-refractivity contribution < 1.29 is 37.9 Å². The van der Waals surface area contributed by atoms with Crippen LogP contribution in [0.5, 0.6) is 5.75 Å². The molecule has 5 fully saturated rings. The van der Waals surface area contributed by atoms with Crippen molar-refractivity contribution in [2.75, 3.05) is 161 Å². The summed E-state index contributed by atoms with van der Waals surface area (Å²) in [5, 5.41) is 34.5. The van der Waals surface area contributed by atoms with Gasteiger partial charge in [0.2, 0.25) is 29.5 Å². The molecule has 5 amide bonds. The monoisotopic (exact) mass is 2070 g/mol. The molecule has 0 unspecified atom stereocenters. The molecule has 39 heteroatoms. The second-order valence-electron chi connectivity index (χ2n) is 35.3. The molecule has 748 valence electrons. The number of hydrogen-bond acceptors (Lipinski definition) is 27. The molecule has 23 rings (SSSR count). The number of carbonyl (C=O) groups is 5. The minimum atomic E-state index is -0.408. The highest BCUT2D eigenvalue weighted by atomic mass is 35.5. The highest BCUT2D eigenvalue weighted by Crippen LogP contribution is 2.44. The van der Waals surface area contributed by atoms with E-state index in [1.165, 1.54) is 42.8 Å². The molecule has 0 atom stereocenters. The highest BCUT2D eigenvalue weighted by molar-refractivity contribution is 6.36. The fourth-order valence-electron chi connectivity index (χ4n) is 19.2. The van der Waals surface area contributed by atoms with Crippen LogP contribution in [0.1, 0.15) is 5.56 Å². The van der Waals surface area contributed by atoms with Crippen LogP contribution < -0.4 is 30.2 Å². The van der Waals surface area contributed by atoms with Crippen LogP contribution >= 0.6 is 46.4 Å². The van der Waals surface area contributed by atoms with Crippen molar-refractivity contribution in [3.63, 3.8) is 0 Å². The van der Waals surface area contributed by atoms with Crippen molar-refractivity contribution in [3.05, 3.63) is 303 Å². The normalized spacial score (nSPS) is 14.3. The van der Waals surface area contributed by atoms with Crippen LogP contribution in [0.4, 0.5) is 39.5 Å². The third-order valence-corrected chi connectivity index (χ3v) is 28.1. The van der Waals surface area contributed by atoms with Gasteiger partial charge in [-0.1, -0.05) is 152 Å². The fraction of sp³-hybridized carbons (Fsp3) is 0.191. The average molecular weight is 2070 g/mol. The number of para-hydroxylation sites is 1. The second-order valence-corrected chi connectivity index (χ2v) is 36.9. The molecule has 0 bridgehead atoms. The number of oxazole rings is 1. The Bertz CT molecular complexity index is 8130. The number of nitrogens with one attached hydrogen (secondary N) is 2. The molecule has 149 heavy (non-hydrogen) atoms. The number of phenols is 1. The van der Waals surface area contributed by atoms with E-state index in [9.17, 15) is 33.5 Å². The van der Waals surface area contributed by atoms with Gasteiger partial charge in [0.1, 0.15) is 77.8 Å². The van der Waals surface area contributed by atoms with Crippen molar-refractivity contribution >= 4 is 199 Å². The lowest BCUT2D eigenvalue weighted by atomic mass is 9.97. The first-order chi connectivity index (χ1) is 72.5. The van der Waals surface area contributed by atoms with Crippen LogP contribution in [0.2, 0.25) is 20.1 Å². The van der Waals surface area contributed by atoms with Gasteiger partial charge in [-0.3, -0.25) is 29.1 Å². The zero-order valence-electron chi connectivity index (χ0n) is 80.5. The average Bonchev–Trinajstić information content (AvgIpc) is 1.74. The quantitative estimate of drug-likeness (QED) is 0.0653. The summed E-state index contributed by atoms with van der Waals surface area (Å²) in [6.07, 6.45) is 18.3. The van der Waals surface area contributed by atoms with Gasteiger partial charge in [0.15, 0.2) is 5.58 Å². The van der Waals surface area contributed by atoms with Gasteiger partial charge in [-0.2, -0.15) is 15.3 Å². The predicted molar refractivity (Wildman–Crippen MR) is 582 cm³/mol. The molecule has 0 spiro atoms. The van der Waals surface area contributed by atoms with E-state index in [0.717, 1.165) is 139 Å². The van der Waals surface area contributed by atoms with Crippen molar-refractivity contribution in [2.45, 2.75) is 6.42 Å². The minimum Gasteiger partial charge on any atom is -0.507 e. The van der Waals surface area contributed by atoms with Gasteiger partial charge in [0.25, 0.3) is 6.01 Å².